The highest BCUT2D eigenvalue weighted by Gasteiger charge is 2.09. The smallest absolute Gasteiger partial charge is 0.273 e. The van der Waals surface area contributed by atoms with E-state index >= 15 is 0 Å². The second kappa shape index (κ2) is 7.40. The number of nitro groups is 1. The predicted molar refractivity (Wildman–Crippen MR) is 92.0 cm³/mol. The third-order valence-electron chi connectivity index (χ3n) is 3.54. The van der Waals surface area contributed by atoms with E-state index in [1.807, 2.05) is 24.3 Å². The Balaban J connectivity index is 2.15. The SMILES string of the molecule is CCN(CC)c1ccc(C=Nc2ccc([N+](=O)[O-])cc2O)cc1. The minimum Gasteiger partial charge on any atom is -0.505 e. The van der Waals surface area contributed by atoms with Gasteiger partial charge in [0.15, 0.2) is 0 Å². The molecular formula is C17H19N3O3. The molecule has 0 radical (unpaired) electrons. The van der Waals surface area contributed by atoms with Gasteiger partial charge in [-0.1, -0.05) is 12.1 Å². The monoisotopic (exact) mass is 313 g/mol. The summed E-state index contributed by atoms with van der Waals surface area (Å²) in [6.07, 6.45) is 1.62. The predicted octanol–water partition coefficient (Wildman–Crippen LogP) is 3.90. The minimum absolute atomic E-state index is 0.162. The molecular weight excluding hydrogens is 294 g/mol. The fourth-order valence-electron chi connectivity index (χ4n) is 2.24. The van der Waals surface area contributed by atoms with Crippen LogP contribution < -0.4 is 4.90 Å². The Labute approximate surface area is 134 Å². The van der Waals surface area contributed by atoms with Crippen LogP contribution in [0.2, 0.25) is 0 Å². The summed E-state index contributed by atoms with van der Waals surface area (Å²) in [5.74, 6) is -0.213. The molecule has 6 heteroatoms. The summed E-state index contributed by atoms with van der Waals surface area (Å²) in [4.78, 5) is 16.5. The standard InChI is InChI=1S/C17H19N3O3/c1-3-19(4-2)14-7-5-13(6-8-14)12-18-16-10-9-15(20(22)23)11-17(16)21/h5-12,21H,3-4H2,1-2H3. The van der Waals surface area contributed by atoms with Gasteiger partial charge in [0, 0.05) is 31.1 Å². The Morgan fingerprint density at radius 2 is 1.83 bits per heavy atom. The van der Waals surface area contributed by atoms with Crippen molar-refractivity contribution in [1.82, 2.24) is 0 Å². The van der Waals surface area contributed by atoms with Crippen molar-refractivity contribution in [2.45, 2.75) is 13.8 Å². The zero-order chi connectivity index (χ0) is 16.8. The summed E-state index contributed by atoms with van der Waals surface area (Å²) in [5, 5.41) is 20.4. The van der Waals surface area contributed by atoms with Crippen LogP contribution in [0.1, 0.15) is 19.4 Å². The molecule has 0 saturated heterocycles. The highest BCUT2D eigenvalue weighted by Crippen LogP contribution is 2.30. The number of phenolic OH excluding ortho intramolecular Hbond substituents is 1. The summed E-state index contributed by atoms with van der Waals surface area (Å²) >= 11 is 0. The first kappa shape index (κ1) is 16.5. The molecule has 2 rings (SSSR count). The van der Waals surface area contributed by atoms with Gasteiger partial charge in [0.1, 0.15) is 11.4 Å². The second-order valence-electron chi connectivity index (χ2n) is 4.95. The number of phenols is 1. The molecule has 0 unspecified atom stereocenters. The summed E-state index contributed by atoms with van der Waals surface area (Å²) in [7, 11) is 0. The van der Waals surface area contributed by atoms with Crippen LogP contribution in [0.15, 0.2) is 47.5 Å². The third-order valence-corrected chi connectivity index (χ3v) is 3.54. The van der Waals surface area contributed by atoms with Crippen LogP contribution in [0.5, 0.6) is 5.75 Å². The molecule has 0 aromatic heterocycles. The second-order valence-corrected chi connectivity index (χ2v) is 4.95. The first-order valence-electron chi connectivity index (χ1n) is 7.41. The van der Waals surface area contributed by atoms with Crippen molar-refractivity contribution < 1.29 is 10.0 Å². The average molecular weight is 313 g/mol. The molecule has 0 amide bonds. The van der Waals surface area contributed by atoms with Crippen LogP contribution in [0.4, 0.5) is 17.1 Å². The summed E-state index contributed by atoms with van der Waals surface area (Å²) < 4.78 is 0. The van der Waals surface area contributed by atoms with Crippen molar-refractivity contribution in [3.8, 4) is 5.75 Å². The maximum Gasteiger partial charge on any atom is 0.273 e. The van der Waals surface area contributed by atoms with E-state index in [0.29, 0.717) is 5.69 Å². The molecule has 0 bridgehead atoms. The maximum atomic E-state index is 10.6. The first-order valence-corrected chi connectivity index (χ1v) is 7.41. The number of nitro benzene ring substituents is 1. The fraction of sp³-hybridized carbons (Fsp3) is 0.235. The molecule has 23 heavy (non-hydrogen) atoms. The van der Waals surface area contributed by atoms with Gasteiger partial charge in [-0.2, -0.15) is 0 Å². The van der Waals surface area contributed by atoms with E-state index in [-0.39, 0.29) is 11.4 Å². The van der Waals surface area contributed by atoms with Gasteiger partial charge in [0.25, 0.3) is 5.69 Å². The van der Waals surface area contributed by atoms with E-state index < -0.39 is 4.92 Å². The zero-order valence-corrected chi connectivity index (χ0v) is 13.1. The highest BCUT2D eigenvalue weighted by molar-refractivity contribution is 5.83. The van der Waals surface area contributed by atoms with Crippen molar-refractivity contribution >= 4 is 23.3 Å². The van der Waals surface area contributed by atoms with Crippen molar-refractivity contribution in [3.63, 3.8) is 0 Å². The molecule has 0 atom stereocenters. The number of aliphatic imine (C=N–C) groups is 1. The first-order chi connectivity index (χ1) is 11.0. The van der Waals surface area contributed by atoms with E-state index in [1.54, 1.807) is 6.21 Å². The Morgan fingerprint density at radius 3 is 2.35 bits per heavy atom. The molecule has 6 nitrogen and oxygen atoms in total. The topological polar surface area (TPSA) is 79.0 Å². The number of aromatic hydroxyl groups is 1. The van der Waals surface area contributed by atoms with Crippen molar-refractivity contribution in [1.29, 1.82) is 0 Å². The largest absolute Gasteiger partial charge is 0.505 e. The molecule has 0 spiro atoms. The number of nitrogens with zero attached hydrogens (tertiary/aromatic N) is 3. The van der Waals surface area contributed by atoms with E-state index in [0.717, 1.165) is 30.4 Å². The zero-order valence-electron chi connectivity index (χ0n) is 13.1. The van der Waals surface area contributed by atoms with Crippen LogP contribution in [0.3, 0.4) is 0 Å². The van der Waals surface area contributed by atoms with E-state index in [1.165, 1.54) is 12.1 Å². The van der Waals surface area contributed by atoms with Gasteiger partial charge in [0.2, 0.25) is 0 Å². The Kier molecular flexibility index (Phi) is 5.30. The molecule has 0 fully saturated rings. The number of benzene rings is 2. The Bertz CT molecular complexity index is 708. The normalized spacial score (nSPS) is 10.9. The molecule has 0 aliphatic rings. The molecule has 0 saturated carbocycles. The molecule has 0 heterocycles. The van der Waals surface area contributed by atoms with Crippen LogP contribution in [0.25, 0.3) is 0 Å². The van der Waals surface area contributed by atoms with Crippen LogP contribution >= 0.6 is 0 Å². The molecule has 1 N–H and O–H groups in total. The lowest BCUT2D eigenvalue weighted by molar-refractivity contribution is -0.384. The lowest BCUT2D eigenvalue weighted by atomic mass is 10.2. The lowest BCUT2D eigenvalue weighted by Gasteiger charge is -2.20. The van der Waals surface area contributed by atoms with Crippen molar-refractivity contribution in [2.24, 2.45) is 4.99 Å². The van der Waals surface area contributed by atoms with Gasteiger partial charge >= 0.3 is 0 Å². The number of hydrogen-bond donors (Lipinski definition) is 1. The van der Waals surface area contributed by atoms with Crippen LogP contribution in [-0.4, -0.2) is 29.3 Å². The minimum atomic E-state index is -0.556. The third kappa shape index (κ3) is 4.06. The van der Waals surface area contributed by atoms with Gasteiger partial charge in [0.05, 0.1) is 11.0 Å². The maximum absolute atomic E-state index is 10.6. The average Bonchev–Trinajstić information content (AvgIpc) is 2.56. The summed E-state index contributed by atoms with van der Waals surface area (Å²) in [6, 6.07) is 11.8. The van der Waals surface area contributed by atoms with E-state index in [4.69, 9.17) is 0 Å². The number of hydrogen-bond acceptors (Lipinski definition) is 5. The van der Waals surface area contributed by atoms with Crippen molar-refractivity contribution in [2.75, 3.05) is 18.0 Å². The summed E-state index contributed by atoms with van der Waals surface area (Å²) in [6.45, 7) is 6.10. The Morgan fingerprint density at radius 1 is 1.17 bits per heavy atom. The number of non-ortho nitro benzene ring substituents is 1. The van der Waals surface area contributed by atoms with Crippen LogP contribution in [-0.2, 0) is 0 Å². The van der Waals surface area contributed by atoms with Gasteiger partial charge < -0.3 is 10.0 Å². The fourth-order valence-corrected chi connectivity index (χ4v) is 2.24. The van der Waals surface area contributed by atoms with Gasteiger partial charge in [-0.25, -0.2) is 0 Å². The molecule has 120 valence electrons. The Hall–Kier alpha value is -2.89. The lowest BCUT2D eigenvalue weighted by Crippen LogP contribution is -2.21. The molecule has 2 aromatic carbocycles. The molecule has 2 aromatic rings. The van der Waals surface area contributed by atoms with Gasteiger partial charge in [-0.15, -0.1) is 0 Å². The van der Waals surface area contributed by atoms with Gasteiger partial charge in [-0.05, 0) is 37.6 Å². The number of anilines is 1. The van der Waals surface area contributed by atoms with Gasteiger partial charge in [-0.3, -0.25) is 15.1 Å². The number of rotatable bonds is 6. The van der Waals surface area contributed by atoms with E-state index in [9.17, 15) is 15.2 Å². The van der Waals surface area contributed by atoms with Crippen molar-refractivity contribution in [3.05, 3.63) is 58.1 Å². The van der Waals surface area contributed by atoms with Crippen LogP contribution in [0, 0.1) is 10.1 Å². The molecule has 0 aliphatic heterocycles. The van der Waals surface area contributed by atoms with E-state index in [2.05, 4.69) is 23.7 Å². The molecule has 0 aliphatic carbocycles. The highest BCUT2D eigenvalue weighted by atomic mass is 16.6. The summed E-state index contributed by atoms with van der Waals surface area (Å²) in [5.41, 5.74) is 2.16. The quantitative estimate of drug-likeness (QED) is 0.498.